The number of benzene rings is 1. The summed E-state index contributed by atoms with van der Waals surface area (Å²) in [5, 5.41) is 13.8. The summed E-state index contributed by atoms with van der Waals surface area (Å²) in [6.07, 6.45) is 0. The van der Waals surface area contributed by atoms with Crippen LogP contribution in [0.3, 0.4) is 0 Å². The van der Waals surface area contributed by atoms with E-state index in [1.807, 2.05) is 0 Å². The van der Waals surface area contributed by atoms with Crippen LogP contribution in [0, 0.1) is 10.1 Å². The van der Waals surface area contributed by atoms with Crippen LogP contribution in [0.15, 0.2) is 24.3 Å². The molecule has 0 unspecified atom stereocenters. The number of non-ortho nitro benzene ring substituents is 1. The monoisotopic (exact) mass is 253 g/mol. The number of nitro groups is 1. The zero-order chi connectivity index (χ0) is 13.0. The summed E-state index contributed by atoms with van der Waals surface area (Å²) in [6, 6.07) is 5.85. The molecule has 1 saturated heterocycles. The van der Waals surface area contributed by atoms with Gasteiger partial charge in [0.1, 0.15) is 6.67 Å². The molecule has 0 aliphatic carbocycles. The van der Waals surface area contributed by atoms with E-state index in [0.29, 0.717) is 0 Å². The Morgan fingerprint density at radius 2 is 1.94 bits per heavy atom. The van der Waals surface area contributed by atoms with Crippen LogP contribution in [0.2, 0.25) is 0 Å². The lowest BCUT2D eigenvalue weighted by atomic mass is 10.1. The van der Waals surface area contributed by atoms with Crippen molar-refractivity contribution < 1.29 is 9.31 Å². The zero-order valence-electron chi connectivity index (χ0n) is 10.0. The van der Waals surface area contributed by atoms with E-state index in [9.17, 15) is 14.5 Å². The molecule has 1 aromatic rings. The molecule has 2 rings (SSSR count). The van der Waals surface area contributed by atoms with Crippen molar-refractivity contribution in [1.29, 1.82) is 0 Å². The quantitative estimate of drug-likeness (QED) is 0.652. The minimum Gasteiger partial charge on any atom is -0.314 e. The largest absolute Gasteiger partial charge is 0.314 e. The number of alkyl halides is 1. The maximum Gasteiger partial charge on any atom is 0.269 e. The van der Waals surface area contributed by atoms with Gasteiger partial charge in [0.2, 0.25) is 0 Å². The van der Waals surface area contributed by atoms with Crippen molar-refractivity contribution in [3.8, 4) is 0 Å². The average molecular weight is 253 g/mol. The topological polar surface area (TPSA) is 58.4 Å². The van der Waals surface area contributed by atoms with Gasteiger partial charge in [-0.25, -0.2) is 4.39 Å². The fourth-order valence-corrected chi connectivity index (χ4v) is 2.21. The molecule has 1 N–H and O–H groups in total. The number of hydrogen-bond donors (Lipinski definition) is 1. The van der Waals surface area contributed by atoms with Gasteiger partial charge in [-0.1, -0.05) is 12.1 Å². The number of nitrogens with one attached hydrogen (secondary N) is 1. The summed E-state index contributed by atoms with van der Waals surface area (Å²) in [5.74, 6) is 0. The van der Waals surface area contributed by atoms with Gasteiger partial charge in [-0.3, -0.25) is 15.0 Å². The number of halogens is 1. The van der Waals surface area contributed by atoms with Crippen molar-refractivity contribution in [3.05, 3.63) is 39.9 Å². The van der Waals surface area contributed by atoms with Crippen LogP contribution in [0.25, 0.3) is 0 Å². The second kappa shape index (κ2) is 5.88. The first-order chi connectivity index (χ1) is 8.72. The first-order valence-electron chi connectivity index (χ1n) is 5.97. The van der Waals surface area contributed by atoms with Gasteiger partial charge in [0, 0.05) is 38.3 Å². The first kappa shape index (κ1) is 12.9. The number of hydrogen-bond acceptors (Lipinski definition) is 4. The van der Waals surface area contributed by atoms with E-state index < -0.39 is 11.6 Å². The van der Waals surface area contributed by atoms with E-state index >= 15 is 0 Å². The third kappa shape index (κ3) is 2.83. The summed E-state index contributed by atoms with van der Waals surface area (Å²) < 4.78 is 13.2. The Morgan fingerprint density at radius 3 is 2.44 bits per heavy atom. The molecule has 1 aliphatic rings. The van der Waals surface area contributed by atoms with Gasteiger partial charge in [-0.15, -0.1) is 0 Å². The Hall–Kier alpha value is -1.53. The Bertz CT molecular complexity index is 404. The fourth-order valence-electron chi connectivity index (χ4n) is 2.21. The van der Waals surface area contributed by atoms with E-state index in [1.54, 1.807) is 12.1 Å². The summed E-state index contributed by atoms with van der Waals surface area (Å²) in [4.78, 5) is 12.2. The molecule has 0 radical (unpaired) electrons. The second-order valence-corrected chi connectivity index (χ2v) is 4.30. The smallest absolute Gasteiger partial charge is 0.269 e. The highest BCUT2D eigenvalue weighted by Gasteiger charge is 2.22. The van der Waals surface area contributed by atoms with Gasteiger partial charge >= 0.3 is 0 Å². The van der Waals surface area contributed by atoms with Crippen LogP contribution < -0.4 is 5.32 Å². The van der Waals surface area contributed by atoms with Gasteiger partial charge < -0.3 is 5.32 Å². The van der Waals surface area contributed by atoms with E-state index in [2.05, 4.69) is 10.2 Å². The van der Waals surface area contributed by atoms with Crippen molar-refractivity contribution >= 4 is 5.69 Å². The highest BCUT2D eigenvalue weighted by molar-refractivity contribution is 5.34. The molecule has 0 aromatic heterocycles. The summed E-state index contributed by atoms with van der Waals surface area (Å²) in [6.45, 7) is 2.82. The van der Waals surface area contributed by atoms with Crippen molar-refractivity contribution in [2.24, 2.45) is 0 Å². The molecule has 1 fully saturated rings. The summed E-state index contributed by atoms with van der Waals surface area (Å²) >= 11 is 0. The van der Waals surface area contributed by atoms with E-state index in [4.69, 9.17) is 0 Å². The summed E-state index contributed by atoms with van der Waals surface area (Å²) in [7, 11) is 0. The summed E-state index contributed by atoms with van der Waals surface area (Å²) in [5.41, 5.74) is 0.835. The lowest BCUT2D eigenvalue weighted by molar-refractivity contribution is -0.384. The number of nitro benzene ring substituents is 1. The maximum atomic E-state index is 13.2. The number of piperazine rings is 1. The van der Waals surface area contributed by atoms with Crippen LogP contribution in [0.4, 0.5) is 10.1 Å². The third-order valence-electron chi connectivity index (χ3n) is 3.23. The first-order valence-corrected chi connectivity index (χ1v) is 5.97. The highest BCUT2D eigenvalue weighted by atomic mass is 19.1. The molecule has 1 heterocycles. The standard InChI is InChI=1S/C12H16FN3O2/c13-9-12(15-7-5-14-6-8-15)10-1-3-11(4-2-10)16(17)18/h1-4,12,14H,5-9H2/t12-/m1/s1. The van der Waals surface area contributed by atoms with Crippen LogP contribution >= 0.6 is 0 Å². The molecule has 0 spiro atoms. The second-order valence-electron chi connectivity index (χ2n) is 4.30. The average Bonchev–Trinajstić information content (AvgIpc) is 2.41. The van der Waals surface area contributed by atoms with Gasteiger partial charge in [-0.2, -0.15) is 0 Å². The molecule has 1 aliphatic heterocycles. The molecule has 6 heteroatoms. The molecule has 1 atom stereocenters. The van der Waals surface area contributed by atoms with Crippen molar-refractivity contribution in [2.45, 2.75) is 6.04 Å². The van der Waals surface area contributed by atoms with E-state index in [-0.39, 0.29) is 11.7 Å². The van der Waals surface area contributed by atoms with Gasteiger partial charge in [-0.05, 0) is 5.56 Å². The van der Waals surface area contributed by atoms with Crippen LogP contribution in [-0.2, 0) is 0 Å². The maximum absolute atomic E-state index is 13.2. The lowest BCUT2D eigenvalue weighted by Crippen LogP contribution is -2.45. The Balaban J connectivity index is 2.13. The molecule has 0 bridgehead atoms. The molecule has 0 amide bonds. The predicted molar refractivity (Wildman–Crippen MR) is 66.3 cm³/mol. The highest BCUT2D eigenvalue weighted by Crippen LogP contribution is 2.23. The Morgan fingerprint density at radius 1 is 1.33 bits per heavy atom. The normalized spacial score (nSPS) is 18.5. The predicted octanol–water partition coefficient (Wildman–Crippen LogP) is 1.51. The molecule has 98 valence electrons. The molecule has 18 heavy (non-hydrogen) atoms. The SMILES string of the molecule is O=[N+]([O-])c1ccc([C@@H](CF)N2CCNCC2)cc1. The van der Waals surface area contributed by atoms with Crippen molar-refractivity contribution in [2.75, 3.05) is 32.9 Å². The van der Waals surface area contributed by atoms with E-state index in [0.717, 1.165) is 31.7 Å². The Labute approximate surface area is 105 Å². The number of nitrogens with zero attached hydrogens (tertiary/aromatic N) is 2. The van der Waals surface area contributed by atoms with Crippen molar-refractivity contribution in [3.63, 3.8) is 0 Å². The minimum absolute atomic E-state index is 0.0386. The molecular weight excluding hydrogens is 237 g/mol. The molecule has 0 saturated carbocycles. The van der Waals surface area contributed by atoms with Crippen LogP contribution in [-0.4, -0.2) is 42.7 Å². The zero-order valence-corrected chi connectivity index (χ0v) is 10.0. The van der Waals surface area contributed by atoms with Crippen molar-refractivity contribution in [1.82, 2.24) is 10.2 Å². The minimum atomic E-state index is -0.474. The molecule has 5 nitrogen and oxygen atoms in total. The lowest BCUT2D eigenvalue weighted by Gasteiger charge is -2.33. The van der Waals surface area contributed by atoms with Gasteiger partial charge in [0.05, 0.1) is 11.0 Å². The molecular formula is C12H16FN3O2. The van der Waals surface area contributed by atoms with E-state index in [1.165, 1.54) is 12.1 Å². The Kier molecular flexibility index (Phi) is 4.22. The molecule has 1 aromatic carbocycles. The van der Waals surface area contributed by atoms with Gasteiger partial charge in [0.25, 0.3) is 5.69 Å². The van der Waals surface area contributed by atoms with Crippen LogP contribution in [0.5, 0.6) is 0 Å². The van der Waals surface area contributed by atoms with Gasteiger partial charge in [0.15, 0.2) is 0 Å². The third-order valence-corrected chi connectivity index (χ3v) is 3.23. The fraction of sp³-hybridized carbons (Fsp3) is 0.500. The van der Waals surface area contributed by atoms with Crippen LogP contribution in [0.1, 0.15) is 11.6 Å². The number of rotatable bonds is 4.